The molecule has 2 nitrogen and oxygen atoms in total. The second-order valence-electron chi connectivity index (χ2n) is 4.91. The molecule has 0 amide bonds. The van der Waals surface area contributed by atoms with Gasteiger partial charge in [-0.2, -0.15) is 0 Å². The summed E-state index contributed by atoms with van der Waals surface area (Å²) in [5.74, 6) is 0.895. The quantitative estimate of drug-likeness (QED) is 0.909. The van der Waals surface area contributed by atoms with Crippen LogP contribution in [0.5, 0.6) is 5.75 Å². The predicted molar refractivity (Wildman–Crippen MR) is 72.0 cm³/mol. The summed E-state index contributed by atoms with van der Waals surface area (Å²) in [6.07, 6.45) is 0. The fourth-order valence-corrected chi connectivity index (χ4v) is 2.13. The topological polar surface area (TPSA) is 21.3 Å². The molecule has 1 aromatic rings. The van der Waals surface area contributed by atoms with Gasteiger partial charge in [-0.1, -0.05) is 22.0 Å². The van der Waals surface area contributed by atoms with Crippen molar-refractivity contribution in [3.05, 3.63) is 28.2 Å². The SMILES string of the molecule is CNC(C)c1ccc(OC(C)(C)C)cc1Br. The van der Waals surface area contributed by atoms with Crippen LogP contribution >= 0.6 is 15.9 Å². The lowest BCUT2D eigenvalue weighted by Gasteiger charge is -2.22. The van der Waals surface area contributed by atoms with Crippen molar-refractivity contribution < 1.29 is 4.74 Å². The number of benzene rings is 1. The van der Waals surface area contributed by atoms with Gasteiger partial charge in [-0.25, -0.2) is 0 Å². The Balaban J connectivity index is 2.91. The van der Waals surface area contributed by atoms with Crippen molar-refractivity contribution in [2.24, 2.45) is 0 Å². The van der Waals surface area contributed by atoms with Crippen molar-refractivity contribution in [3.63, 3.8) is 0 Å². The van der Waals surface area contributed by atoms with E-state index < -0.39 is 0 Å². The molecule has 1 atom stereocenters. The molecule has 0 aliphatic heterocycles. The van der Waals surface area contributed by atoms with E-state index in [0.717, 1.165) is 10.2 Å². The van der Waals surface area contributed by atoms with E-state index in [1.54, 1.807) is 0 Å². The van der Waals surface area contributed by atoms with Crippen molar-refractivity contribution in [1.29, 1.82) is 0 Å². The van der Waals surface area contributed by atoms with Gasteiger partial charge in [0.2, 0.25) is 0 Å². The molecule has 0 bridgehead atoms. The van der Waals surface area contributed by atoms with Gasteiger partial charge >= 0.3 is 0 Å². The standard InChI is InChI=1S/C13H20BrNO/c1-9(15-5)11-7-6-10(8-12(11)14)16-13(2,3)4/h6-9,15H,1-5H3. The summed E-state index contributed by atoms with van der Waals surface area (Å²) in [5, 5.41) is 3.22. The average molecular weight is 286 g/mol. The van der Waals surface area contributed by atoms with E-state index in [9.17, 15) is 0 Å². The highest BCUT2D eigenvalue weighted by Crippen LogP contribution is 2.29. The lowest BCUT2D eigenvalue weighted by Crippen LogP contribution is -2.23. The van der Waals surface area contributed by atoms with E-state index in [4.69, 9.17) is 4.74 Å². The molecule has 1 unspecified atom stereocenters. The third-order valence-electron chi connectivity index (χ3n) is 2.30. The fourth-order valence-electron chi connectivity index (χ4n) is 1.43. The maximum absolute atomic E-state index is 5.80. The van der Waals surface area contributed by atoms with Crippen LogP contribution in [0.1, 0.15) is 39.3 Å². The van der Waals surface area contributed by atoms with Crippen LogP contribution in [0, 0.1) is 0 Å². The molecule has 0 aromatic heterocycles. The number of halogens is 1. The molecule has 0 spiro atoms. The summed E-state index contributed by atoms with van der Waals surface area (Å²) in [5.41, 5.74) is 1.08. The molecule has 0 saturated heterocycles. The van der Waals surface area contributed by atoms with E-state index in [1.165, 1.54) is 5.56 Å². The average Bonchev–Trinajstić information content (AvgIpc) is 2.14. The van der Waals surface area contributed by atoms with Crippen molar-refractivity contribution in [3.8, 4) is 5.75 Å². The fraction of sp³-hybridized carbons (Fsp3) is 0.538. The highest BCUT2D eigenvalue weighted by atomic mass is 79.9. The Labute approximate surface area is 107 Å². The van der Waals surface area contributed by atoms with Gasteiger partial charge in [0.15, 0.2) is 0 Å². The molecule has 0 fully saturated rings. The second kappa shape index (κ2) is 5.19. The zero-order valence-electron chi connectivity index (χ0n) is 10.6. The van der Waals surface area contributed by atoms with Crippen LogP contribution < -0.4 is 10.1 Å². The Kier molecular flexibility index (Phi) is 4.39. The molecule has 90 valence electrons. The molecular formula is C13H20BrNO. The molecule has 0 aliphatic rings. The smallest absolute Gasteiger partial charge is 0.121 e. The largest absolute Gasteiger partial charge is 0.488 e. The van der Waals surface area contributed by atoms with Crippen LogP contribution in [-0.4, -0.2) is 12.6 Å². The monoisotopic (exact) mass is 285 g/mol. The molecule has 0 saturated carbocycles. The first kappa shape index (κ1) is 13.5. The third-order valence-corrected chi connectivity index (χ3v) is 2.98. The van der Waals surface area contributed by atoms with Crippen LogP contribution in [0.3, 0.4) is 0 Å². The summed E-state index contributed by atoms with van der Waals surface area (Å²) >= 11 is 3.58. The Hall–Kier alpha value is -0.540. The van der Waals surface area contributed by atoms with E-state index in [2.05, 4.69) is 34.2 Å². The van der Waals surface area contributed by atoms with Crippen molar-refractivity contribution >= 4 is 15.9 Å². The Morgan fingerprint density at radius 3 is 2.38 bits per heavy atom. The van der Waals surface area contributed by atoms with E-state index in [1.807, 2.05) is 40.0 Å². The van der Waals surface area contributed by atoms with Gasteiger partial charge in [-0.3, -0.25) is 0 Å². The number of rotatable bonds is 3. The molecule has 3 heteroatoms. The predicted octanol–water partition coefficient (Wildman–Crippen LogP) is 3.91. The maximum Gasteiger partial charge on any atom is 0.121 e. The van der Waals surface area contributed by atoms with Crippen LogP contribution in [0.15, 0.2) is 22.7 Å². The first-order valence-corrected chi connectivity index (χ1v) is 6.28. The zero-order valence-corrected chi connectivity index (χ0v) is 12.2. The van der Waals surface area contributed by atoms with Gasteiger partial charge < -0.3 is 10.1 Å². The molecule has 0 heterocycles. The highest BCUT2D eigenvalue weighted by Gasteiger charge is 2.13. The Morgan fingerprint density at radius 2 is 1.94 bits per heavy atom. The van der Waals surface area contributed by atoms with Crippen LogP contribution in [0.25, 0.3) is 0 Å². The summed E-state index contributed by atoms with van der Waals surface area (Å²) in [6.45, 7) is 8.27. The normalized spacial score (nSPS) is 13.6. The van der Waals surface area contributed by atoms with E-state index >= 15 is 0 Å². The molecule has 0 aliphatic carbocycles. The minimum absolute atomic E-state index is 0.157. The lowest BCUT2D eigenvalue weighted by atomic mass is 10.1. The summed E-state index contributed by atoms with van der Waals surface area (Å²) < 4.78 is 6.88. The number of nitrogens with one attached hydrogen (secondary N) is 1. The highest BCUT2D eigenvalue weighted by molar-refractivity contribution is 9.10. The summed E-state index contributed by atoms with van der Waals surface area (Å²) in [4.78, 5) is 0. The zero-order chi connectivity index (χ0) is 12.3. The maximum atomic E-state index is 5.80. The Bertz CT molecular complexity index is 357. The lowest BCUT2D eigenvalue weighted by molar-refractivity contribution is 0.131. The van der Waals surface area contributed by atoms with Gasteiger partial charge in [0.05, 0.1) is 0 Å². The Morgan fingerprint density at radius 1 is 1.31 bits per heavy atom. The minimum atomic E-state index is -0.157. The number of hydrogen-bond acceptors (Lipinski definition) is 2. The van der Waals surface area contributed by atoms with Gasteiger partial charge in [0.1, 0.15) is 11.4 Å². The van der Waals surface area contributed by atoms with Gasteiger partial charge in [-0.05, 0) is 52.4 Å². The van der Waals surface area contributed by atoms with Crippen molar-refractivity contribution in [2.75, 3.05) is 7.05 Å². The van der Waals surface area contributed by atoms with Crippen molar-refractivity contribution in [2.45, 2.75) is 39.3 Å². The molecule has 16 heavy (non-hydrogen) atoms. The van der Waals surface area contributed by atoms with Gasteiger partial charge in [0.25, 0.3) is 0 Å². The van der Waals surface area contributed by atoms with Crippen LogP contribution in [-0.2, 0) is 0 Å². The summed E-state index contributed by atoms with van der Waals surface area (Å²) in [6, 6.07) is 6.46. The minimum Gasteiger partial charge on any atom is -0.488 e. The molecular weight excluding hydrogens is 266 g/mol. The third kappa shape index (κ3) is 3.80. The second-order valence-corrected chi connectivity index (χ2v) is 5.76. The van der Waals surface area contributed by atoms with Crippen LogP contribution in [0.2, 0.25) is 0 Å². The van der Waals surface area contributed by atoms with E-state index in [0.29, 0.717) is 6.04 Å². The molecule has 1 N–H and O–H groups in total. The number of ether oxygens (including phenoxy) is 1. The molecule has 1 aromatic carbocycles. The summed E-state index contributed by atoms with van der Waals surface area (Å²) in [7, 11) is 1.96. The first-order valence-electron chi connectivity index (χ1n) is 5.49. The number of hydrogen-bond donors (Lipinski definition) is 1. The first-order chi connectivity index (χ1) is 7.33. The van der Waals surface area contributed by atoms with E-state index in [-0.39, 0.29) is 5.60 Å². The molecule has 1 rings (SSSR count). The van der Waals surface area contributed by atoms with Crippen molar-refractivity contribution in [1.82, 2.24) is 5.32 Å². The van der Waals surface area contributed by atoms with Gasteiger partial charge in [-0.15, -0.1) is 0 Å². The van der Waals surface area contributed by atoms with Crippen LogP contribution in [0.4, 0.5) is 0 Å². The van der Waals surface area contributed by atoms with Gasteiger partial charge in [0, 0.05) is 10.5 Å². The molecule has 0 radical (unpaired) electrons.